The number of alkyl halides is 18. The van der Waals surface area contributed by atoms with Crippen LogP contribution in [0.4, 0.5) is 79.0 Å². The van der Waals surface area contributed by atoms with E-state index in [2.05, 4.69) is 0 Å². The largest absolute Gasteiger partial charge is 1.00 e. The third-order valence-electron chi connectivity index (χ3n) is 5.47. The molecule has 0 N–H and O–H groups in total. The van der Waals surface area contributed by atoms with E-state index in [4.69, 9.17) is 0 Å². The summed E-state index contributed by atoms with van der Waals surface area (Å²) in [5.74, 6) is 0. The summed E-state index contributed by atoms with van der Waals surface area (Å²) in [6.45, 7) is 0. The van der Waals surface area contributed by atoms with Gasteiger partial charge in [-0.1, -0.05) is 23.3 Å². The molecule has 230 valence electrons. The molecule has 43 heavy (non-hydrogen) atoms. The number of benzene rings is 3. The van der Waals surface area contributed by atoms with Crippen molar-refractivity contribution in [3.05, 3.63) is 81.9 Å². The molecule has 19 heteroatoms. The topological polar surface area (TPSA) is 0 Å². The van der Waals surface area contributed by atoms with E-state index in [9.17, 15) is 79.0 Å². The first kappa shape index (κ1) is 36.2. The number of hydrogen-bond donors (Lipinski definition) is 0. The van der Waals surface area contributed by atoms with Crippen LogP contribution in [0.5, 0.6) is 0 Å². The zero-order chi connectivity index (χ0) is 32.4. The van der Waals surface area contributed by atoms with Crippen LogP contribution >= 0.6 is 0 Å². The zero-order valence-corrected chi connectivity index (χ0v) is 20.3. The van der Waals surface area contributed by atoms with Gasteiger partial charge in [-0.3, -0.25) is 0 Å². The number of halogens is 18. The van der Waals surface area contributed by atoms with Gasteiger partial charge in [0.15, 0.2) is 0 Å². The van der Waals surface area contributed by atoms with Crippen molar-refractivity contribution >= 4 is 0 Å². The normalized spacial score (nSPS) is 13.6. The van der Waals surface area contributed by atoms with E-state index < -0.39 is 135 Å². The van der Waals surface area contributed by atoms with Gasteiger partial charge in [-0.2, -0.15) is 91.2 Å². The molecule has 0 aliphatic heterocycles. The molecule has 0 spiro atoms. The van der Waals surface area contributed by atoms with Crippen LogP contribution in [0.1, 0.15) is 33.4 Å². The molecule has 0 unspecified atom stereocenters. The third kappa shape index (κ3) is 7.94. The van der Waals surface area contributed by atoms with E-state index in [0.29, 0.717) is 0 Å². The third-order valence-corrected chi connectivity index (χ3v) is 5.47. The minimum Gasteiger partial charge on any atom is -0.179 e. The van der Waals surface area contributed by atoms with E-state index in [-0.39, 0.29) is 18.9 Å². The Balaban J connectivity index is 0.00000645. The Hall–Kier alpha value is -3.00. The summed E-state index contributed by atoms with van der Waals surface area (Å²) in [4.78, 5) is 0. The molecular formula is C24H7F18Li. The fourth-order valence-electron chi connectivity index (χ4n) is 3.78. The Morgan fingerprint density at radius 1 is 0.372 bits per heavy atom. The van der Waals surface area contributed by atoms with Gasteiger partial charge >= 0.3 is 55.9 Å². The van der Waals surface area contributed by atoms with Crippen LogP contribution < -0.4 is 18.9 Å². The van der Waals surface area contributed by atoms with Crippen molar-refractivity contribution in [1.29, 1.82) is 0 Å². The summed E-state index contributed by atoms with van der Waals surface area (Å²) in [5.41, 5.74) is -22.6. The van der Waals surface area contributed by atoms with Crippen LogP contribution in [0.15, 0.2) is 42.5 Å². The Kier molecular flexibility index (Phi) is 9.40. The molecule has 0 saturated carbocycles. The SMILES string of the molecule is FC(F)(F)c1cc(-c2c(C(F)(F)F)[c-]cc(C(F)(F)F)c2-c2cc(C(F)(F)F)cc(C(F)(F)F)c2)cc(C(F)(F)F)c1.[Li+]. The van der Waals surface area contributed by atoms with Crippen molar-refractivity contribution in [2.45, 2.75) is 37.1 Å². The van der Waals surface area contributed by atoms with Gasteiger partial charge < -0.3 is 0 Å². The molecule has 0 amide bonds. The van der Waals surface area contributed by atoms with Gasteiger partial charge in [0.25, 0.3) is 0 Å². The molecule has 0 aromatic heterocycles. The van der Waals surface area contributed by atoms with Gasteiger partial charge in [0.2, 0.25) is 0 Å². The van der Waals surface area contributed by atoms with Crippen LogP contribution in [-0.4, -0.2) is 0 Å². The van der Waals surface area contributed by atoms with E-state index in [1.165, 1.54) is 0 Å². The Labute approximate surface area is 239 Å². The van der Waals surface area contributed by atoms with Crippen molar-refractivity contribution in [2.75, 3.05) is 0 Å². The maximum Gasteiger partial charge on any atom is 1.00 e. The number of rotatable bonds is 2. The number of hydrogen-bond acceptors (Lipinski definition) is 0. The van der Waals surface area contributed by atoms with Crippen LogP contribution in [0.2, 0.25) is 0 Å². The summed E-state index contributed by atoms with van der Waals surface area (Å²) in [5, 5.41) is 0. The second-order valence-corrected chi connectivity index (χ2v) is 8.41. The summed E-state index contributed by atoms with van der Waals surface area (Å²) in [6.07, 6.45) is -34.9. The van der Waals surface area contributed by atoms with Crippen LogP contribution in [0.25, 0.3) is 22.3 Å². The zero-order valence-electron chi connectivity index (χ0n) is 20.3. The molecule has 0 nitrogen and oxygen atoms in total. The Morgan fingerprint density at radius 3 is 0.930 bits per heavy atom. The molecule has 0 fully saturated rings. The van der Waals surface area contributed by atoms with Crippen molar-refractivity contribution < 1.29 is 97.9 Å². The minimum absolute atomic E-state index is 0. The molecule has 0 aliphatic carbocycles. The summed E-state index contributed by atoms with van der Waals surface area (Å²) in [6, 6.07) is -2.59. The Bertz CT molecular complexity index is 1300. The van der Waals surface area contributed by atoms with Gasteiger partial charge in [-0.25, -0.2) is 0 Å². The maximum atomic E-state index is 14.0. The van der Waals surface area contributed by atoms with Crippen molar-refractivity contribution in [3.8, 4) is 22.3 Å². The van der Waals surface area contributed by atoms with Gasteiger partial charge in [-0.05, 0) is 35.4 Å². The van der Waals surface area contributed by atoms with Gasteiger partial charge in [-0.15, -0.1) is 11.1 Å². The predicted octanol–water partition coefficient (Wildman–Crippen LogP) is 7.94. The van der Waals surface area contributed by atoms with Crippen LogP contribution in [0, 0.1) is 6.07 Å². The van der Waals surface area contributed by atoms with Crippen LogP contribution in [-0.2, 0) is 37.1 Å². The van der Waals surface area contributed by atoms with Gasteiger partial charge in [0.05, 0.1) is 22.3 Å². The van der Waals surface area contributed by atoms with E-state index in [0.717, 1.165) is 6.07 Å². The second kappa shape index (κ2) is 11.2. The standard InChI is InChI=1S/C24H7F18.Li/c25-19(26,27)11-3-9(4-12(7-11)20(28,29)30)17-15(23(37,38)39)1-2-16(24(40,41)42)18(17)10-5-13(21(31,32)33)8-14(6-10)22(34,35)36;/h1,3-8H;/q-1;+1. The molecule has 3 rings (SSSR count). The smallest absolute Gasteiger partial charge is 0.179 e. The van der Waals surface area contributed by atoms with Crippen LogP contribution in [0.3, 0.4) is 0 Å². The molecular weight excluding hydrogens is 637 g/mol. The molecule has 0 bridgehead atoms. The van der Waals surface area contributed by atoms with Gasteiger partial charge in [0.1, 0.15) is 0 Å². The first-order valence-electron chi connectivity index (χ1n) is 10.4. The first-order chi connectivity index (χ1) is 18.6. The summed E-state index contributed by atoms with van der Waals surface area (Å²) < 4.78 is 245. The van der Waals surface area contributed by atoms with Gasteiger partial charge in [0, 0.05) is 0 Å². The maximum absolute atomic E-state index is 14.0. The predicted molar refractivity (Wildman–Crippen MR) is 106 cm³/mol. The first-order valence-corrected chi connectivity index (χ1v) is 10.4. The average molecular weight is 644 g/mol. The molecule has 3 aromatic rings. The Morgan fingerprint density at radius 2 is 0.674 bits per heavy atom. The monoisotopic (exact) mass is 644 g/mol. The van der Waals surface area contributed by atoms with E-state index in [1.54, 1.807) is 0 Å². The van der Waals surface area contributed by atoms with E-state index in [1.807, 2.05) is 0 Å². The molecule has 0 saturated heterocycles. The quantitative estimate of drug-likeness (QED) is 0.151. The van der Waals surface area contributed by atoms with Crippen molar-refractivity contribution in [1.82, 2.24) is 0 Å². The molecule has 0 radical (unpaired) electrons. The van der Waals surface area contributed by atoms with E-state index >= 15 is 0 Å². The molecule has 0 heterocycles. The summed E-state index contributed by atoms with van der Waals surface area (Å²) >= 11 is 0. The molecule has 3 aromatic carbocycles. The molecule has 0 aliphatic rings. The molecule has 0 atom stereocenters. The second-order valence-electron chi connectivity index (χ2n) is 8.41. The average Bonchev–Trinajstić information content (AvgIpc) is 2.79. The minimum atomic E-state index is -5.95. The summed E-state index contributed by atoms with van der Waals surface area (Å²) in [7, 11) is 0. The van der Waals surface area contributed by atoms with Crippen molar-refractivity contribution in [2.24, 2.45) is 0 Å². The fourth-order valence-corrected chi connectivity index (χ4v) is 3.78. The fraction of sp³-hybridized carbons (Fsp3) is 0.250. The van der Waals surface area contributed by atoms with Crippen molar-refractivity contribution in [3.63, 3.8) is 0 Å².